The van der Waals surface area contributed by atoms with Crippen molar-refractivity contribution in [1.29, 1.82) is 0 Å². The van der Waals surface area contributed by atoms with E-state index < -0.39 is 32.2 Å². The van der Waals surface area contributed by atoms with Gasteiger partial charge in [-0.15, -0.1) is 0 Å². The molecule has 0 bridgehead atoms. The number of aromatic nitrogens is 2. The fourth-order valence-electron chi connectivity index (χ4n) is 4.60. The minimum Gasteiger partial charge on any atom is 0 e. The van der Waals surface area contributed by atoms with E-state index in [1.165, 1.54) is 18.5 Å². The zero-order valence-electron chi connectivity index (χ0n) is 22.4. The van der Waals surface area contributed by atoms with Crippen molar-refractivity contribution in [2.24, 2.45) is 11.8 Å². The molecule has 39 heavy (non-hydrogen) atoms. The first-order valence-corrected chi connectivity index (χ1v) is 15.4. The summed E-state index contributed by atoms with van der Waals surface area (Å²) in [6.45, 7) is 8.07. The first-order valence-electron chi connectivity index (χ1n) is 12.9. The number of nitrogens with zero attached hydrogens (tertiary/aromatic N) is 2. The monoisotopic (exact) mass is 833 g/mol. The van der Waals surface area contributed by atoms with E-state index in [2.05, 4.69) is 18.1 Å². The molecule has 0 spiro atoms. The molecule has 0 atom stereocenters. The van der Waals surface area contributed by atoms with E-state index in [-0.39, 0.29) is 54.4 Å². The van der Waals surface area contributed by atoms with Crippen molar-refractivity contribution in [3.8, 4) is 0 Å². The molecule has 0 saturated heterocycles. The van der Waals surface area contributed by atoms with E-state index in [0.717, 1.165) is 37.7 Å². The maximum Gasteiger partial charge on any atom is 0 e. The molecule has 0 fully saturated rings. The zero-order chi connectivity index (χ0) is 27.9. The second kappa shape index (κ2) is 15.2. The predicted molar refractivity (Wildman–Crippen MR) is 149 cm³/mol. The van der Waals surface area contributed by atoms with Crippen LogP contribution < -0.4 is 0 Å². The van der Waals surface area contributed by atoms with Crippen LogP contribution in [0.5, 0.6) is 0 Å². The number of alkyl halides is 3. The standard InChI is InChI=1S/C17H9F3N2Te.C13H24O2.Ir/c18-17(19,20)14-12-4-2-1-3-10(12)7-13-15(11-5-6-23-8-11)21-9-22-16(13)14;1-5-10(6-2)12(14)9-13(15)11(7-3)8-4;/h1-4,6-7,9H,5H2;9-11,14H,5-8H2,1-4H3;/q-1;;/b;12-9-;. The smallest absolute Gasteiger partial charge is 0 e. The molecule has 0 amide bonds. The van der Waals surface area contributed by atoms with Gasteiger partial charge in [-0.1, -0.05) is 27.7 Å². The number of hydrogen-bond acceptors (Lipinski definition) is 4. The van der Waals surface area contributed by atoms with E-state index in [0.29, 0.717) is 16.5 Å². The van der Waals surface area contributed by atoms with Gasteiger partial charge in [0, 0.05) is 38.0 Å². The average molecular weight is 830 g/mol. The summed E-state index contributed by atoms with van der Waals surface area (Å²) in [5.41, 5.74) is 0.740. The van der Waals surface area contributed by atoms with Crippen molar-refractivity contribution < 1.29 is 43.2 Å². The van der Waals surface area contributed by atoms with Gasteiger partial charge in [0.2, 0.25) is 0 Å². The first kappa shape index (κ1) is 33.3. The zero-order valence-corrected chi connectivity index (χ0v) is 27.2. The maximum absolute atomic E-state index is 13.7. The van der Waals surface area contributed by atoms with Crippen LogP contribution in [0, 0.1) is 16.0 Å². The molecule has 3 aromatic rings. The molecule has 0 unspecified atom stereocenters. The molecule has 9 heteroatoms. The molecule has 1 aromatic heterocycles. The summed E-state index contributed by atoms with van der Waals surface area (Å²) in [6.07, 6.45) is 2.38. The molecular weight excluding hydrogens is 797 g/mol. The Labute approximate surface area is 251 Å². The van der Waals surface area contributed by atoms with Crippen molar-refractivity contribution >= 4 is 57.5 Å². The third-order valence-corrected chi connectivity index (χ3v) is 8.85. The number of hydrogen-bond donors (Lipinski definition) is 1. The van der Waals surface area contributed by atoms with Gasteiger partial charge in [0.05, 0.1) is 5.76 Å². The number of benzene rings is 2. The van der Waals surface area contributed by atoms with E-state index in [1.54, 1.807) is 24.3 Å². The van der Waals surface area contributed by atoms with Crippen LogP contribution in [0.3, 0.4) is 0 Å². The van der Waals surface area contributed by atoms with Crippen molar-refractivity contribution in [1.82, 2.24) is 9.97 Å². The van der Waals surface area contributed by atoms with Crippen LogP contribution in [0.15, 0.2) is 48.5 Å². The van der Waals surface area contributed by atoms with Gasteiger partial charge in [-0.2, -0.15) is 0 Å². The summed E-state index contributed by atoms with van der Waals surface area (Å²) in [4.78, 5) is 19.9. The van der Waals surface area contributed by atoms with Crippen molar-refractivity contribution in [2.45, 2.75) is 66.0 Å². The minimum absolute atomic E-state index is 0. The molecule has 2 heterocycles. The molecule has 1 aliphatic heterocycles. The van der Waals surface area contributed by atoms with Crippen LogP contribution >= 0.6 is 0 Å². The normalized spacial score (nSPS) is 13.5. The molecule has 1 aliphatic rings. The number of allylic oxidation sites excluding steroid dienone is 3. The predicted octanol–water partition coefficient (Wildman–Crippen LogP) is 7.72. The molecule has 0 aliphatic carbocycles. The molecule has 2 radical (unpaired) electrons. The van der Waals surface area contributed by atoms with Gasteiger partial charge in [-0.3, -0.25) is 4.79 Å². The molecule has 4 nitrogen and oxygen atoms in total. The summed E-state index contributed by atoms with van der Waals surface area (Å²) >= 11 is -0.412. The summed E-state index contributed by atoms with van der Waals surface area (Å²) in [5.74, 6) is 0.547. The Morgan fingerprint density at radius 1 is 1.05 bits per heavy atom. The number of carbonyl (C=O) groups excluding carboxylic acids is 1. The Bertz CT molecular complexity index is 1380. The third kappa shape index (κ3) is 8.07. The van der Waals surface area contributed by atoms with Gasteiger partial charge < -0.3 is 5.11 Å². The first-order chi connectivity index (χ1) is 18.2. The maximum atomic E-state index is 13.7. The molecule has 1 N–H and O–H groups in total. The second-order valence-electron chi connectivity index (χ2n) is 9.16. The Hall–Kier alpha value is -1.91. The van der Waals surface area contributed by atoms with Crippen LogP contribution in [-0.4, -0.2) is 45.4 Å². The fourth-order valence-corrected chi connectivity index (χ4v) is 6.47. The quantitative estimate of drug-likeness (QED) is 0.0831. The van der Waals surface area contributed by atoms with Gasteiger partial charge in [0.25, 0.3) is 0 Å². The molecule has 0 saturated carbocycles. The van der Waals surface area contributed by atoms with Gasteiger partial charge in [0.15, 0.2) is 5.78 Å². The number of aliphatic hydroxyl groups is 1. The van der Waals surface area contributed by atoms with Crippen LogP contribution in [0.25, 0.3) is 27.2 Å². The van der Waals surface area contributed by atoms with E-state index in [1.807, 2.05) is 27.7 Å². The Morgan fingerprint density at radius 3 is 2.26 bits per heavy atom. The van der Waals surface area contributed by atoms with Crippen molar-refractivity contribution in [3.63, 3.8) is 0 Å². The molecular formula is C30H33F3IrN2O2Te-. The summed E-state index contributed by atoms with van der Waals surface area (Å²) < 4.78 is 46.5. The molecule has 2 aromatic carbocycles. The number of ketones is 1. The van der Waals surface area contributed by atoms with Crippen molar-refractivity contribution in [2.75, 3.05) is 0 Å². The van der Waals surface area contributed by atoms with Gasteiger partial charge in [-0.05, 0) is 25.7 Å². The summed E-state index contributed by atoms with van der Waals surface area (Å²) in [5, 5.41) is 10.9. The third-order valence-electron chi connectivity index (χ3n) is 6.85. The number of halogens is 3. The number of aliphatic hydroxyl groups excluding tert-OH is 1. The Morgan fingerprint density at radius 2 is 1.69 bits per heavy atom. The van der Waals surface area contributed by atoms with Gasteiger partial charge >= 0.3 is 140 Å². The van der Waals surface area contributed by atoms with E-state index in [9.17, 15) is 23.1 Å². The second-order valence-corrected chi connectivity index (χ2v) is 11.4. The minimum atomic E-state index is -4.47. The van der Waals surface area contributed by atoms with Crippen LogP contribution in [0.2, 0.25) is 0 Å². The van der Waals surface area contributed by atoms with Crippen molar-refractivity contribution in [3.05, 3.63) is 63.9 Å². The molecule has 212 valence electrons. The summed E-state index contributed by atoms with van der Waals surface area (Å²) in [6, 6.07) is 8.27. The number of rotatable bonds is 8. The topological polar surface area (TPSA) is 63.1 Å². The summed E-state index contributed by atoms with van der Waals surface area (Å²) in [7, 11) is 0. The largest absolute Gasteiger partial charge is 0 e. The Kier molecular flexibility index (Phi) is 13.0. The fraction of sp³-hybridized carbons (Fsp3) is 0.400. The van der Waals surface area contributed by atoms with Crippen LogP contribution in [-0.2, 0) is 31.1 Å². The average Bonchev–Trinajstić information content (AvgIpc) is 3.43. The SMILES string of the molecule is CCC(CC)C(=O)/C=C(\O)C(CC)CC.FC(F)(F)c1c2ccccc2cc2c(C3=[C-][Te]=CC3)ncnc12.[Ir]. The van der Waals surface area contributed by atoms with E-state index in [4.69, 9.17) is 0 Å². The van der Waals surface area contributed by atoms with Crippen LogP contribution in [0.1, 0.15) is 71.1 Å². The van der Waals surface area contributed by atoms with Gasteiger partial charge in [-0.25, -0.2) is 0 Å². The Balaban J connectivity index is 0.000000294. The number of fused-ring (bicyclic) bond motifs is 2. The van der Waals surface area contributed by atoms with Crippen LogP contribution in [0.4, 0.5) is 13.2 Å². The van der Waals surface area contributed by atoms with Gasteiger partial charge in [0.1, 0.15) is 0 Å². The number of carbonyl (C=O) groups is 1. The van der Waals surface area contributed by atoms with E-state index >= 15 is 0 Å². The molecule has 4 rings (SSSR count).